The van der Waals surface area contributed by atoms with E-state index in [0.717, 1.165) is 30.5 Å². The van der Waals surface area contributed by atoms with Crippen molar-refractivity contribution in [2.75, 3.05) is 6.54 Å². The van der Waals surface area contributed by atoms with Crippen LogP contribution in [0.1, 0.15) is 62.5 Å². The second-order valence-electron chi connectivity index (χ2n) is 7.24. The van der Waals surface area contributed by atoms with Gasteiger partial charge < -0.3 is 5.11 Å². The number of hydrogen-bond acceptors (Lipinski definition) is 2. The molecule has 20 heavy (non-hydrogen) atoms. The molecule has 108 valence electrons. The molecular weight excluding hydrogens is 246 g/mol. The smallest absolute Gasteiger partial charge is 0.104 e. The van der Waals surface area contributed by atoms with Crippen molar-refractivity contribution in [2.45, 2.75) is 69.1 Å². The molecule has 2 heteroatoms. The quantitative estimate of drug-likeness (QED) is 0.911. The van der Waals surface area contributed by atoms with Crippen LogP contribution in [0.3, 0.4) is 0 Å². The minimum atomic E-state index is -0.625. The van der Waals surface area contributed by atoms with Crippen molar-refractivity contribution in [3.8, 4) is 0 Å². The number of hydrogen-bond donors (Lipinski definition) is 1. The number of benzene rings is 1. The van der Waals surface area contributed by atoms with Gasteiger partial charge in [0.2, 0.25) is 0 Å². The lowest BCUT2D eigenvalue weighted by molar-refractivity contribution is 0.0451. The van der Waals surface area contributed by atoms with E-state index in [9.17, 15) is 5.11 Å². The first-order valence-electron chi connectivity index (χ1n) is 8.24. The highest BCUT2D eigenvalue weighted by atomic mass is 16.3. The second kappa shape index (κ2) is 4.57. The molecule has 1 aliphatic heterocycles. The molecule has 1 saturated heterocycles. The zero-order valence-electron chi connectivity index (χ0n) is 12.4. The summed E-state index contributed by atoms with van der Waals surface area (Å²) in [4.78, 5) is 2.51. The average Bonchev–Trinajstić information content (AvgIpc) is 3.15. The normalized spacial score (nSPS) is 35.2. The molecule has 1 aromatic rings. The van der Waals surface area contributed by atoms with Crippen LogP contribution in [0.4, 0.5) is 0 Å². The second-order valence-corrected chi connectivity index (χ2v) is 7.24. The summed E-state index contributed by atoms with van der Waals surface area (Å²) < 4.78 is 0. The molecule has 0 bridgehead atoms. The fourth-order valence-corrected chi connectivity index (χ4v) is 4.04. The van der Waals surface area contributed by atoms with Gasteiger partial charge in [-0.05, 0) is 56.1 Å². The Morgan fingerprint density at radius 3 is 2.35 bits per heavy atom. The van der Waals surface area contributed by atoms with Gasteiger partial charge in [0.25, 0.3) is 0 Å². The van der Waals surface area contributed by atoms with Crippen molar-refractivity contribution in [3.05, 3.63) is 35.4 Å². The fraction of sp³-hybridized carbons (Fsp3) is 0.667. The van der Waals surface area contributed by atoms with E-state index in [2.05, 4.69) is 36.1 Å². The molecular formula is C18H25NO. The van der Waals surface area contributed by atoms with Crippen molar-refractivity contribution in [2.24, 2.45) is 0 Å². The maximum atomic E-state index is 11.0. The lowest BCUT2D eigenvalue weighted by atomic mass is 9.79. The lowest BCUT2D eigenvalue weighted by Crippen LogP contribution is -2.33. The van der Waals surface area contributed by atoms with E-state index in [1.54, 1.807) is 0 Å². The lowest BCUT2D eigenvalue weighted by Gasteiger charge is -2.28. The molecule has 0 radical (unpaired) electrons. The maximum Gasteiger partial charge on any atom is 0.104 e. The maximum absolute atomic E-state index is 11.0. The first kappa shape index (κ1) is 12.8. The molecule has 4 rings (SSSR count). The zero-order valence-corrected chi connectivity index (χ0v) is 12.4. The number of nitrogens with zero attached hydrogens (tertiary/aromatic N) is 1. The summed E-state index contributed by atoms with van der Waals surface area (Å²) in [5.41, 5.74) is 1.96. The summed E-state index contributed by atoms with van der Waals surface area (Å²) in [7, 11) is 0. The van der Waals surface area contributed by atoms with Gasteiger partial charge in [-0.1, -0.05) is 30.7 Å². The first-order valence-corrected chi connectivity index (χ1v) is 8.24. The van der Waals surface area contributed by atoms with E-state index < -0.39 is 5.60 Å². The summed E-state index contributed by atoms with van der Waals surface area (Å²) in [5, 5.41) is 11.0. The fourth-order valence-electron chi connectivity index (χ4n) is 4.04. The first-order chi connectivity index (χ1) is 9.66. The Kier molecular flexibility index (Phi) is 2.94. The summed E-state index contributed by atoms with van der Waals surface area (Å²) in [5.74, 6) is 0.782. The van der Waals surface area contributed by atoms with Crippen molar-refractivity contribution in [1.82, 2.24) is 4.90 Å². The van der Waals surface area contributed by atoms with Crippen molar-refractivity contribution in [1.29, 1.82) is 0 Å². The summed E-state index contributed by atoms with van der Waals surface area (Å²) in [6.45, 7) is 3.08. The van der Waals surface area contributed by atoms with E-state index in [-0.39, 0.29) is 0 Å². The molecule has 3 aliphatic rings. The van der Waals surface area contributed by atoms with Crippen LogP contribution in [0, 0.1) is 0 Å². The van der Waals surface area contributed by atoms with Gasteiger partial charge in [-0.15, -0.1) is 0 Å². The third kappa shape index (κ3) is 2.10. The molecule has 2 unspecified atom stereocenters. The van der Waals surface area contributed by atoms with Gasteiger partial charge in [-0.2, -0.15) is 0 Å². The highest BCUT2D eigenvalue weighted by molar-refractivity contribution is 5.31. The topological polar surface area (TPSA) is 23.5 Å². The van der Waals surface area contributed by atoms with Gasteiger partial charge in [0.15, 0.2) is 0 Å². The molecule has 1 N–H and O–H groups in total. The van der Waals surface area contributed by atoms with Gasteiger partial charge in [0.05, 0.1) is 0 Å². The van der Waals surface area contributed by atoms with Crippen molar-refractivity contribution < 1.29 is 5.11 Å². The molecule has 3 fully saturated rings. The summed E-state index contributed by atoms with van der Waals surface area (Å²) in [6, 6.07) is 10.1. The number of likely N-dealkylation sites (tertiary alicyclic amines) is 1. The largest absolute Gasteiger partial charge is 0.384 e. The van der Waals surface area contributed by atoms with Crippen LogP contribution in [-0.2, 0) is 5.60 Å². The Labute approximate surface area is 121 Å². The molecule has 1 heterocycles. The van der Waals surface area contributed by atoms with Crippen LogP contribution in [0.2, 0.25) is 0 Å². The predicted molar refractivity (Wildman–Crippen MR) is 80.7 cm³/mol. The van der Waals surface area contributed by atoms with Crippen LogP contribution >= 0.6 is 0 Å². The monoisotopic (exact) mass is 271 g/mol. The molecule has 0 aromatic heterocycles. The van der Waals surface area contributed by atoms with Crippen LogP contribution in [-0.4, -0.2) is 28.6 Å². The van der Waals surface area contributed by atoms with E-state index in [1.165, 1.54) is 37.7 Å². The average molecular weight is 271 g/mol. The molecule has 2 atom stereocenters. The van der Waals surface area contributed by atoms with E-state index in [4.69, 9.17) is 0 Å². The SMILES string of the molecule is CC1CC(O)(c2ccc(C3CCC3)cc2)CN1C1CC1. The Morgan fingerprint density at radius 1 is 1.10 bits per heavy atom. The van der Waals surface area contributed by atoms with E-state index >= 15 is 0 Å². The van der Waals surface area contributed by atoms with Gasteiger partial charge in [-0.25, -0.2) is 0 Å². The van der Waals surface area contributed by atoms with Crippen LogP contribution < -0.4 is 0 Å². The van der Waals surface area contributed by atoms with Crippen LogP contribution in [0.5, 0.6) is 0 Å². The van der Waals surface area contributed by atoms with E-state index in [0.29, 0.717) is 6.04 Å². The number of aliphatic hydroxyl groups is 1. The van der Waals surface area contributed by atoms with Crippen LogP contribution in [0.15, 0.2) is 24.3 Å². The van der Waals surface area contributed by atoms with E-state index in [1.807, 2.05) is 0 Å². The van der Waals surface area contributed by atoms with Crippen molar-refractivity contribution >= 4 is 0 Å². The summed E-state index contributed by atoms with van der Waals surface area (Å²) in [6.07, 6.45) is 7.59. The molecule has 2 nitrogen and oxygen atoms in total. The Balaban J connectivity index is 1.53. The Bertz CT molecular complexity index is 489. The minimum Gasteiger partial charge on any atom is -0.384 e. The minimum absolute atomic E-state index is 0.513. The third-order valence-electron chi connectivity index (χ3n) is 5.68. The Hall–Kier alpha value is -0.860. The van der Waals surface area contributed by atoms with Crippen LogP contribution in [0.25, 0.3) is 0 Å². The van der Waals surface area contributed by atoms with Gasteiger partial charge in [0.1, 0.15) is 5.60 Å². The molecule has 2 saturated carbocycles. The molecule has 1 aromatic carbocycles. The van der Waals surface area contributed by atoms with Gasteiger partial charge in [-0.3, -0.25) is 4.90 Å². The molecule has 0 amide bonds. The highest BCUT2D eigenvalue weighted by Gasteiger charge is 2.46. The standard InChI is InChI=1S/C18H25NO/c1-13-11-18(20,12-19(13)17-9-10-17)16-7-5-15(6-8-16)14-3-2-4-14/h5-8,13-14,17,20H,2-4,9-12H2,1H3. The predicted octanol–water partition coefficient (Wildman–Crippen LogP) is 3.40. The third-order valence-corrected chi connectivity index (χ3v) is 5.68. The number of β-amino-alcohol motifs (C(OH)–C–C–N with tert-alkyl or cyclic N) is 1. The molecule has 2 aliphatic carbocycles. The van der Waals surface area contributed by atoms with Gasteiger partial charge >= 0.3 is 0 Å². The highest BCUT2D eigenvalue weighted by Crippen LogP contribution is 2.42. The van der Waals surface area contributed by atoms with Gasteiger partial charge in [0, 0.05) is 18.6 Å². The van der Waals surface area contributed by atoms with Crippen molar-refractivity contribution in [3.63, 3.8) is 0 Å². The zero-order chi connectivity index (χ0) is 13.7. The molecule has 0 spiro atoms. The summed E-state index contributed by atoms with van der Waals surface area (Å²) >= 11 is 0. The Morgan fingerprint density at radius 2 is 1.80 bits per heavy atom. The number of rotatable bonds is 3.